The van der Waals surface area contributed by atoms with E-state index in [0.29, 0.717) is 23.2 Å². The number of carbonyl (C=O) groups excluding carboxylic acids is 1. The molecule has 1 aromatic carbocycles. The van der Waals surface area contributed by atoms with E-state index in [9.17, 15) is 4.79 Å². The molecule has 2 aromatic rings. The Morgan fingerprint density at radius 2 is 2.23 bits per heavy atom. The maximum absolute atomic E-state index is 12.0. The minimum Gasteiger partial charge on any atom is -0.497 e. The zero-order valence-electron chi connectivity index (χ0n) is 12.8. The van der Waals surface area contributed by atoms with E-state index < -0.39 is 0 Å². The first-order chi connectivity index (χ1) is 10.6. The van der Waals surface area contributed by atoms with Crippen molar-refractivity contribution in [1.29, 1.82) is 0 Å². The predicted octanol–water partition coefficient (Wildman–Crippen LogP) is 3.62. The molecule has 1 amide bonds. The minimum absolute atomic E-state index is 0.0555. The van der Waals surface area contributed by atoms with Crippen LogP contribution in [0.3, 0.4) is 0 Å². The number of amides is 1. The van der Waals surface area contributed by atoms with E-state index in [4.69, 9.17) is 4.74 Å². The number of hydrogen-bond donors (Lipinski definition) is 1. The molecule has 0 spiro atoms. The molecule has 1 aromatic heterocycles. The van der Waals surface area contributed by atoms with Gasteiger partial charge in [0.2, 0.25) is 11.0 Å². The molecule has 0 aliphatic carbocycles. The maximum Gasteiger partial charge on any atom is 0.226 e. The second-order valence-corrected chi connectivity index (χ2v) is 7.74. The van der Waals surface area contributed by atoms with E-state index in [1.165, 1.54) is 11.3 Å². The summed E-state index contributed by atoms with van der Waals surface area (Å²) in [5, 5.41) is 11.8. The fraction of sp³-hybridized carbons (Fsp3) is 0.400. The zero-order valence-corrected chi connectivity index (χ0v) is 14.5. The highest BCUT2D eigenvalue weighted by atomic mass is 32.2. The summed E-state index contributed by atoms with van der Waals surface area (Å²) in [6.45, 7) is 4.19. The summed E-state index contributed by atoms with van der Waals surface area (Å²) in [7, 11) is 1.63. The molecule has 0 bridgehead atoms. The third kappa shape index (κ3) is 5.31. The van der Waals surface area contributed by atoms with Gasteiger partial charge in [-0.15, -0.1) is 10.2 Å². The largest absolute Gasteiger partial charge is 0.497 e. The normalized spacial score (nSPS) is 10.7. The predicted molar refractivity (Wildman–Crippen MR) is 90.8 cm³/mol. The van der Waals surface area contributed by atoms with Crippen LogP contribution < -0.4 is 10.1 Å². The van der Waals surface area contributed by atoms with Gasteiger partial charge in [-0.05, 0) is 24.1 Å². The lowest BCUT2D eigenvalue weighted by molar-refractivity contribution is -0.116. The van der Waals surface area contributed by atoms with Crippen molar-refractivity contribution in [1.82, 2.24) is 10.2 Å². The number of nitrogens with zero attached hydrogens (tertiary/aromatic N) is 2. The van der Waals surface area contributed by atoms with Crippen LogP contribution >= 0.6 is 23.1 Å². The summed E-state index contributed by atoms with van der Waals surface area (Å²) in [5.74, 6) is 0.748. The van der Waals surface area contributed by atoms with Crippen LogP contribution in [0, 0.1) is 0 Å². The Kier molecular flexibility index (Phi) is 6.21. The van der Waals surface area contributed by atoms with Crippen molar-refractivity contribution in [3.05, 3.63) is 29.8 Å². The number of aryl methyl sites for hydroxylation is 1. The topological polar surface area (TPSA) is 64.1 Å². The number of nitrogens with one attached hydrogen (secondary N) is 1. The van der Waals surface area contributed by atoms with E-state index in [2.05, 4.69) is 29.4 Å². The SMILES string of the molecule is COc1cccc(CCC(=O)Nc2nnc(SC(C)C)s2)c1. The number of carbonyl (C=O) groups is 1. The molecule has 0 aliphatic rings. The average Bonchev–Trinajstić information content (AvgIpc) is 2.91. The zero-order chi connectivity index (χ0) is 15.9. The third-order valence-corrected chi connectivity index (χ3v) is 4.69. The molecule has 0 saturated heterocycles. The quantitative estimate of drug-likeness (QED) is 0.617. The first-order valence-corrected chi connectivity index (χ1v) is 8.69. The second kappa shape index (κ2) is 8.14. The lowest BCUT2D eigenvalue weighted by Gasteiger charge is -2.04. The highest BCUT2D eigenvalue weighted by Crippen LogP contribution is 2.28. The minimum atomic E-state index is -0.0555. The number of thioether (sulfide) groups is 1. The fourth-order valence-electron chi connectivity index (χ4n) is 1.78. The number of aromatic nitrogens is 2. The number of methoxy groups -OCH3 is 1. The van der Waals surface area contributed by atoms with Gasteiger partial charge in [0, 0.05) is 11.7 Å². The Hall–Kier alpha value is -1.60. The second-order valence-electron chi connectivity index (χ2n) is 4.94. The van der Waals surface area contributed by atoms with Crippen LogP contribution in [0.5, 0.6) is 5.75 Å². The van der Waals surface area contributed by atoms with Gasteiger partial charge in [0.25, 0.3) is 0 Å². The van der Waals surface area contributed by atoms with Crippen molar-refractivity contribution in [2.75, 3.05) is 12.4 Å². The Morgan fingerprint density at radius 1 is 1.41 bits per heavy atom. The van der Waals surface area contributed by atoms with Crippen LogP contribution in [-0.2, 0) is 11.2 Å². The van der Waals surface area contributed by atoms with Crippen molar-refractivity contribution in [2.24, 2.45) is 0 Å². The first kappa shape index (κ1) is 16.8. The summed E-state index contributed by atoms with van der Waals surface area (Å²) in [5.41, 5.74) is 1.07. The third-order valence-electron chi connectivity index (χ3n) is 2.76. The van der Waals surface area contributed by atoms with Crippen molar-refractivity contribution >= 4 is 34.1 Å². The van der Waals surface area contributed by atoms with Gasteiger partial charge in [0.05, 0.1) is 7.11 Å². The van der Waals surface area contributed by atoms with Crippen LogP contribution in [0.2, 0.25) is 0 Å². The van der Waals surface area contributed by atoms with Gasteiger partial charge in [0.15, 0.2) is 4.34 Å². The van der Waals surface area contributed by atoms with Gasteiger partial charge in [-0.25, -0.2) is 0 Å². The Balaban J connectivity index is 1.83. The number of anilines is 1. The summed E-state index contributed by atoms with van der Waals surface area (Å²) < 4.78 is 6.05. The summed E-state index contributed by atoms with van der Waals surface area (Å²) in [6.07, 6.45) is 1.06. The molecule has 0 radical (unpaired) electrons. The molecule has 5 nitrogen and oxygen atoms in total. The van der Waals surface area contributed by atoms with E-state index in [1.807, 2.05) is 24.3 Å². The Morgan fingerprint density at radius 3 is 2.95 bits per heavy atom. The van der Waals surface area contributed by atoms with Gasteiger partial charge in [-0.3, -0.25) is 4.79 Å². The summed E-state index contributed by atoms with van der Waals surface area (Å²) >= 11 is 3.05. The van der Waals surface area contributed by atoms with E-state index >= 15 is 0 Å². The molecule has 1 N–H and O–H groups in total. The molecule has 0 aliphatic heterocycles. The lowest BCUT2D eigenvalue weighted by atomic mass is 10.1. The van der Waals surface area contributed by atoms with Crippen molar-refractivity contribution in [3.8, 4) is 5.75 Å². The van der Waals surface area contributed by atoms with Gasteiger partial charge >= 0.3 is 0 Å². The fourth-order valence-corrected chi connectivity index (χ4v) is 3.77. The van der Waals surface area contributed by atoms with Crippen LogP contribution in [-0.4, -0.2) is 28.5 Å². The highest BCUT2D eigenvalue weighted by Gasteiger charge is 2.10. The first-order valence-electron chi connectivity index (χ1n) is 6.99. The molecule has 0 atom stereocenters. The highest BCUT2D eigenvalue weighted by molar-refractivity contribution is 8.01. The van der Waals surface area contributed by atoms with E-state index in [0.717, 1.165) is 15.7 Å². The number of ether oxygens (including phenoxy) is 1. The van der Waals surface area contributed by atoms with Crippen LogP contribution in [0.25, 0.3) is 0 Å². The molecular weight excluding hydrogens is 318 g/mol. The monoisotopic (exact) mass is 337 g/mol. The molecule has 0 fully saturated rings. The average molecular weight is 337 g/mol. The maximum atomic E-state index is 12.0. The van der Waals surface area contributed by atoms with Crippen molar-refractivity contribution in [2.45, 2.75) is 36.3 Å². The Labute approximate surface area is 138 Å². The van der Waals surface area contributed by atoms with Crippen LogP contribution in [0.15, 0.2) is 28.6 Å². The lowest BCUT2D eigenvalue weighted by Crippen LogP contribution is -2.12. The van der Waals surface area contributed by atoms with Gasteiger partial charge < -0.3 is 10.1 Å². The molecule has 1 heterocycles. The van der Waals surface area contributed by atoms with Crippen molar-refractivity contribution < 1.29 is 9.53 Å². The number of hydrogen-bond acceptors (Lipinski definition) is 6. The van der Waals surface area contributed by atoms with E-state index in [1.54, 1.807) is 18.9 Å². The Bertz CT molecular complexity index is 629. The van der Waals surface area contributed by atoms with Crippen LogP contribution in [0.4, 0.5) is 5.13 Å². The summed E-state index contributed by atoms with van der Waals surface area (Å²) in [6, 6.07) is 7.73. The molecular formula is C15H19N3O2S2. The van der Waals surface area contributed by atoms with Gasteiger partial charge in [0.1, 0.15) is 5.75 Å². The van der Waals surface area contributed by atoms with Crippen molar-refractivity contribution in [3.63, 3.8) is 0 Å². The molecule has 22 heavy (non-hydrogen) atoms. The smallest absolute Gasteiger partial charge is 0.226 e. The molecule has 2 rings (SSSR count). The van der Waals surface area contributed by atoms with Gasteiger partial charge in [-0.1, -0.05) is 49.1 Å². The molecule has 0 saturated carbocycles. The van der Waals surface area contributed by atoms with E-state index in [-0.39, 0.29) is 5.91 Å². The standard InChI is InChI=1S/C15H19N3O2S2/c1-10(2)21-15-18-17-14(22-15)16-13(19)8-7-11-5-4-6-12(9-11)20-3/h4-6,9-10H,7-8H2,1-3H3,(H,16,17,19). The molecule has 7 heteroatoms. The molecule has 118 valence electrons. The number of rotatable bonds is 7. The molecule has 0 unspecified atom stereocenters. The van der Waals surface area contributed by atoms with Crippen LogP contribution in [0.1, 0.15) is 25.8 Å². The van der Waals surface area contributed by atoms with Gasteiger partial charge in [-0.2, -0.15) is 0 Å². The number of benzene rings is 1. The summed E-state index contributed by atoms with van der Waals surface area (Å²) in [4.78, 5) is 12.0.